The average molecular weight is 375 g/mol. The number of hydrogen-bond acceptors (Lipinski definition) is 6. The molecule has 0 aromatic carbocycles. The van der Waals surface area contributed by atoms with E-state index in [0.717, 1.165) is 0 Å². The molecule has 2 heterocycles. The molecular formula is C15H22NO8P. The number of carbonyl (C=O) groups is 2. The number of allylic oxidation sites excluding steroid dienone is 1. The standard InChI is InChI=1S/C15H22NO8P/c1-8(2)23-13-12(22-3)14(16-5-4-9(17)6-11(16)18)24-15(13)7-10(15)25(19,20)21/h4-5,8,10,12-14H,6-7H2,1-3H3,(H2,19,20,21)/t10?,12-,13+,14-,15-/m1/s1. The Morgan fingerprint density at radius 3 is 2.56 bits per heavy atom. The van der Waals surface area contributed by atoms with E-state index < -0.39 is 43.2 Å². The SMILES string of the molecule is CO[C@H]1[C@H](N2C=CC(=O)CC2=O)O[C@@]2(CC2P(=O)(O)O)[C@H]1OC(C)C. The summed E-state index contributed by atoms with van der Waals surface area (Å²) in [5, 5.41) is 0. The fourth-order valence-corrected chi connectivity index (χ4v) is 4.88. The topological polar surface area (TPSA) is 123 Å². The van der Waals surface area contributed by atoms with Gasteiger partial charge in [0.25, 0.3) is 0 Å². The molecule has 25 heavy (non-hydrogen) atoms. The van der Waals surface area contributed by atoms with Crippen molar-refractivity contribution in [1.82, 2.24) is 4.90 Å². The van der Waals surface area contributed by atoms with Crippen LogP contribution in [0.3, 0.4) is 0 Å². The quantitative estimate of drug-likeness (QED) is 0.514. The first-order chi connectivity index (χ1) is 11.6. The molecule has 0 radical (unpaired) electrons. The van der Waals surface area contributed by atoms with Gasteiger partial charge in [0.1, 0.15) is 17.8 Å². The molecule has 1 saturated carbocycles. The number of carbonyl (C=O) groups excluding carboxylic acids is 2. The first kappa shape index (κ1) is 18.7. The molecule has 10 heteroatoms. The summed E-state index contributed by atoms with van der Waals surface area (Å²) in [6.45, 7) is 3.60. The lowest BCUT2D eigenvalue weighted by molar-refractivity contribution is -0.150. The zero-order chi connectivity index (χ0) is 18.6. The maximum atomic E-state index is 12.2. The van der Waals surface area contributed by atoms with Crippen LogP contribution in [0.5, 0.6) is 0 Å². The molecule has 1 amide bonds. The Morgan fingerprint density at radius 2 is 2.08 bits per heavy atom. The normalized spacial score (nSPS) is 38.2. The molecule has 1 spiro atoms. The van der Waals surface area contributed by atoms with Crippen molar-refractivity contribution in [3.05, 3.63) is 12.3 Å². The highest BCUT2D eigenvalue weighted by Gasteiger charge is 2.75. The van der Waals surface area contributed by atoms with E-state index >= 15 is 0 Å². The fourth-order valence-electron chi connectivity index (χ4n) is 3.58. The third-order valence-electron chi connectivity index (χ3n) is 4.72. The monoisotopic (exact) mass is 375 g/mol. The van der Waals surface area contributed by atoms with Gasteiger partial charge >= 0.3 is 7.60 Å². The first-order valence-corrected chi connectivity index (χ1v) is 9.72. The summed E-state index contributed by atoms with van der Waals surface area (Å²) in [6, 6.07) is 0. The molecule has 5 atom stereocenters. The summed E-state index contributed by atoms with van der Waals surface area (Å²) in [7, 11) is -2.96. The second-order valence-corrected chi connectivity index (χ2v) is 8.64. The molecule has 3 aliphatic rings. The number of hydrogen-bond donors (Lipinski definition) is 2. The zero-order valence-corrected chi connectivity index (χ0v) is 15.1. The molecule has 0 bridgehead atoms. The summed E-state index contributed by atoms with van der Waals surface area (Å²) in [6.07, 6.45) is -0.178. The van der Waals surface area contributed by atoms with Crippen molar-refractivity contribution < 1.29 is 38.2 Å². The minimum absolute atomic E-state index is 0.121. The molecule has 1 unspecified atom stereocenters. The third-order valence-corrected chi connectivity index (χ3v) is 6.15. The Hall–Kier alpha value is -1.09. The molecule has 0 aromatic heterocycles. The lowest BCUT2D eigenvalue weighted by Crippen LogP contribution is -2.48. The summed E-state index contributed by atoms with van der Waals surface area (Å²) in [5.41, 5.74) is -2.21. The van der Waals surface area contributed by atoms with Crippen LogP contribution in [-0.2, 0) is 28.4 Å². The minimum atomic E-state index is -4.39. The van der Waals surface area contributed by atoms with Crippen LogP contribution in [0, 0.1) is 0 Å². The Labute approximate surface area is 145 Å². The van der Waals surface area contributed by atoms with Crippen LogP contribution in [0.25, 0.3) is 0 Å². The summed E-state index contributed by atoms with van der Waals surface area (Å²) in [4.78, 5) is 44.0. The summed E-state index contributed by atoms with van der Waals surface area (Å²) < 4.78 is 29.1. The fraction of sp³-hybridized carbons (Fsp3) is 0.733. The van der Waals surface area contributed by atoms with Crippen molar-refractivity contribution in [3.8, 4) is 0 Å². The lowest BCUT2D eigenvalue weighted by Gasteiger charge is -2.31. The molecule has 3 rings (SSSR count). The number of amides is 1. The first-order valence-electron chi connectivity index (χ1n) is 8.03. The minimum Gasteiger partial charge on any atom is -0.374 e. The van der Waals surface area contributed by atoms with Crippen LogP contribution in [-0.4, -0.2) is 69.3 Å². The highest BCUT2D eigenvalue weighted by molar-refractivity contribution is 7.53. The van der Waals surface area contributed by atoms with Gasteiger partial charge in [-0.1, -0.05) is 0 Å². The molecule has 140 valence electrons. The van der Waals surface area contributed by atoms with Gasteiger partial charge in [-0.15, -0.1) is 0 Å². The van der Waals surface area contributed by atoms with Gasteiger partial charge in [0, 0.05) is 13.3 Å². The second kappa shape index (κ2) is 6.26. The van der Waals surface area contributed by atoms with Crippen molar-refractivity contribution in [1.29, 1.82) is 0 Å². The van der Waals surface area contributed by atoms with Gasteiger partial charge in [0.15, 0.2) is 12.0 Å². The van der Waals surface area contributed by atoms with Crippen LogP contribution in [0.4, 0.5) is 0 Å². The van der Waals surface area contributed by atoms with E-state index in [1.54, 1.807) is 13.8 Å². The van der Waals surface area contributed by atoms with Gasteiger partial charge in [-0.05, 0) is 26.3 Å². The number of methoxy groups -OCH3 is 1. The Bertz CT molecular complexity index is 658. The van der Waals surface area contributed by atoms with Crippen LogP contribution in [0.1, 0.15) is 26.7 Å². The zero-order valence-electron chi connectivity index (χ0n) is 14.2. The Balaban J connectivity index is 1.93. The molecule has 1 saturated heterocycles. The molecule has 1 aliphatic carbocycles. The second-order valence-electron chi connectivity index (χ2n) is 6.84. The highest BCUT2D eigenvalue weighted by atomic mass is 31.2. The molecule has 2 N–H and O–H groups in total. The number of ether oxygens (including phenoxy) is 3. The largest absolute Gasteiger partial charge is 0.374 e. The van der Waals surface area contributed by atoms with E-state index in [9.17, 15) is 23.9 Å². The predicted octanol–water partition coefficient (Wildman–Crippen LogP) is 0.155. The van der Waals surface area contributed by atoms with Gasteiger partial charge in [-0.25, -0.2) is 0 Å². The maximum absolute atomic E-state index is 12.2. The smallest absolute Gasteiger partial charge is 0.331 e. The summed E-state index contributed by atoms with van der Waals surface area (Å²) >= 11 is 0. The molecule has 2 aliphatic heterocycles. The molecule has 2 fully saturated rings. The van der Waals surface area contributed by atoms with E-state index in [2.05, 4.69) is 0 Å². The number of nitrogens with zero attached hydrogens (tertiary/aromatic N) is 1. The van der Waals surface area contributed by atoms with Crippen molar-refractivity contribution in [2.24, 2.45) is 0 Å². The van der Waals surface area contributed by atoms with Gasteiger partial charge in [-0.3, -0.25) is 19.1 Å². The lowest BCUT2D eigenvalue weighted by atomic mass is 10.1. The van der Waals surface area contributed by atoms with Crippen molar-refractivity contribution in [2.75, 3.05) is 7.11 Å². The van der Waals surface area contributed by atoms with E-state index in [4.69, 9.17) is 14.2 Å². The Morgan fingerprint density at radius 1 is 1.40 bits per heavy atom. The average Bonchev–Trinajstić information content (AvgIpc) is 3.14. The van der Waals surface area contributed by atoms with E-state index in [0.29, 0.717) is 0 Å². The van der Waals surface area contributed by atoms with Gasteiger partial charge in [-0.2, -0.15) is 0 Å². The van der Waals surface area contributed by atoms with Crippen LogP contribution in [0.15, 0.2) is 12.3 Å². The van der Waals surface area contributed by atoms with Crippen molar-refractivity contribution in [3.63, 3.8) is 0 Å². The maximum Gasteiger partial charge on any atom is 0.331 e. The Kier molecular flexibility index (Phi) is 4.68. The molecule has 9 nitrogen and oxygen atoms in total. The number of rotatable bonds is 5. The third kappa shape index (κ3) is 3.20. The van der Waals surface area contributed by atoms with Crippen LogP contribution in [0.2, 0.25) is 0 Å². The summed E-state index contributed by atoms with van der Waals surface area (Å²) in [5.74, 6) is -0.759. The molecular weight excluding hydrogens is 353 g/mol. The van der Waals surface area contributed by atoms with Gasteiger partial charge in [0.2, 0.25) is 5.91 Å². The van der Waals surface area contributed by atoms with Crippen LogP contribution < -0.4 is 0 Å². The van der Waals surface area contributed by atoms with Gasteiger partial charge in [0.05, 0.1) is 18.2 Å². The highest BCUT2D eigenvalue weighted by Crippen LogP contribution is 2.67. The van der Waals surface area contributed by atoms with Gasteiger partial charge < -0.3 is 24.0 Å². The van der Waals surface area contributed by atoms with Crippen molar-refractivity contribution in [2.45, 2.75) is 62.5 Å². The van der Waals surface area contributed by atoms with Crippen LogP contribution >= 0.6 is 7.60 Å². The molecule has 0 aromatic rings. The van der Waals surface area contributed by atoms with E-state index in [-0.39, 0.29) is 24.7 Å². The van der Waals surface area contributed by atoms with E-state index in [1.807, 2.05) is 0 Å². The van der Waals surface area contributed by atoms with E-state index in [1.165, 1.54) is 24.3 Å². The predicted molar refractivity (Wildman–Crippen MR) is 84.5 cm³/mol. The number of ketones is 1. The van der Waals surface area contributed by atoms with Crippen molar-refractivity contribution >= 4 is 19.3 Å².